The average Bonchev–Trinajstić information content (AvgIpc) is 2.90. The molecule has 1 N–H and O–H groups in total. The van der Waals surface area contributed by atoms with Crippen LogP contribution in [0.15, 0.2) is 48.5 Å². The Balaban J connectivity index is 1.68. The Morgan fingerprint density at radius 3 is 2.15 bits per heavy atom. The highest BCUT2D eigenvalue weighted by Gasteiger charge is 2.35. The van der Waals surface area contributed by atoms with E-state index in [9.17, 15) is 22.0 Å². The summed E-state index contributed by atoms with van der Waals surface area (Å²) in [5, 5.41) is 3.71. The molecule has 214 valence electrons. The quantitative estimate of drug-likeness (QED) is 0.200. The largest absolute Gasteiger partial charge is 0.493 e. The second-order valence-corrected chi connectivity index (χ2v) is 10.3. The molecule has 1 heterocycles. The fourth-order valence-electron chi connectivity index (χ4n) is 4.33. The van der Waals surface area contributed by atoms with Crippen molar-refractivity contribution in [1.82, 2.24) is 15.3 Å². The minimum Gasteiger partial charge on any atom is -0.493 e. The molecule has 5 nitrogen and oxygen atoms in total. The molecule has 0 unspecified atom stereocenters. The predicted molar refractivity (Wildman–Crippen MR) is 147 cm³/mol. The Labute approximate surface area is 239 Å². The maximum Gasteiger partial charge on any atom is 0.392 e. The molecule has 1 aliphatic carbocycles. The van der Waals surface area contributed by atoms with Gasteiger partial charge in [-0.3, -0.25) is 0 Å². The van der Waals surface area contributed by atoms with Crippen molar-refractivity contribution < 1.29 is 31.4 Å². The zero-order valence-electron chi connectivity index (χ0n) is 21.5. The number of thiocarbonyl (C=S) groups is 1. The highest BCUT2D eigenvalue weighted by molar-refractivity contribution is 7.80. The summed E-state index contributed by atoms with van der Waals surface area (Å²) in [6.45, 7) is -0.409. The molecule has 0 amide bonds. The van der Waals surface area contributed by atoms with Crippen LogP contribution in [0.25, 0.3) is 22.5 Å². The van der Waals surface area contributed by atoms with Crippen molar-refractivity contribution >= 4 is 28.8 Å². The molecule has 0 atom stereocenters. The van der Waals surface area contributed by atoms with Crippen LogP contribution >= 0.6 is 23.8 Å². The Hall–Kier alpha value is -2.89. The van der Waals surface area contributed by atoms with Crippen LogP contribution in [-0.2, 0) is 11.3 Å². The first-order chi connectivity index (χ1) is 18.9. The van der Waals surface area contributed by atoms with Crippen molar-refractivity contribution in [2.75, 3.05) is 13.7 Å². The zero-order chi connectivity index (χ0) is 28.9. The number of nitrogens with zero attached hydrogens (tertiary/aromatic N) is 2. The van der Waals surface area contributed by atoms with Crippen molar-refractivity contribution in [2.24, 2.45) is 0 Å². The van der Waals surface area contributed by atoms with Gasteiger partial charge < -0.3 is 14.8 Å². The summed E-state index contributed by atoms with van der Waals surface area (Å²) < 4.78 is 75.3. The fraction of sp³-hybridized carbons (Fsp3) is 0.393. The number of benzene rings is 2. The maximum atomic E-state index is 13.6. The Kier molecular flexibility index (Phi) is 9.58. The maximum absolute atomic E-state index is 13.6. The molecule has 3 aromatic rings. The van der Waals surface area contributed by atoms with Gasteiger partial charge in [0.1, 0.15) is 16.4 Å². The van der Waals surface area contributed by atoms with E-state index in [4.69, 9.17) is 43.3 Å². The van der Waals surface area contributed by atoms with Gasteiger partial charge in [-0.2, -0.15) is 13.2 Å². The Bertz CT molecular complexity index is 1310. The van der Waals surface area contributed by atoms with Crippen LogP contribution in [0.4, 0.5) is 22.0 Å². The molecule has 2 aromatic carbocycles. The normalized spacial score (nSPS) is 15.6. The van der Waals surface area contributed by atoms with Gasteiger partial charge in [-0.15, -0.1) is 0 Å². The molecular formula is C28H27ClF5N3O2S. The minimum absolute atomic E-state index is 0.0828. The van der Waals surface area contributed by atoms with Gasteiger partial charge in [-0.1, -0.05) is 36.0 Å². The van der Waals surface area contributed by atoms with Crippen LogP contribution in [-0.4, -0.2) is 46.8 Å². The molecule has 0 spiro atoms. The van der Waals surface area contributed by atoms with Gasteiger partial charge in [0.25, 0.3) is 0 Å². The summed E-state index contributed by atoms with van der Waals surface area (Å²) in [6.07, 6.45) is -5.23. The smallest absolute Gasteiger partial charge is 0.392 e. The average molecular weight is 600 g/mol. The van der Waals surface area contributed by atoms with E-state index in [0.29, 0.717) is 38.9 Å². The van der Waals surface area contributed by atoms with Crippen LogP contribution < -0.4 is 10.1 Å². The second kappa shape index (κ2) is 12.7. The highest BCUT2D eigenvalue weighted by atomic mass is 35.5. The van der Waals surface area contributed by atoms with Gasteiger partial charge in [0.15, 0.2) is 0 Å². The summed E-state index contributed by atoms with van der Waals surface area (Å²) in [6, 6.07) is 13.3. The zero-order valence-corrected chi connectivity index (χ0v) is 23.1. The first-order valence-electron chi connectivity index (χ1n) is 12.6. The van der Waals surface area contributed by atoms with Crippen molar-refractivity contribution in [3.8, 4) is 28.3 Å². The molecule has 1 aromatic heterocycles. The number of rotatable bonds is 9. The van der Waals surface area contributed by atoms with Crippen molar-refractivity contribution in [2.45, 2.75) is 56.9 Å². The van der Waals surface area contributed by atoms with Crippen LogP contribution in [0.1, 0.15) is 43.5 Å². The van der Waals surface area contributed by atoms with E-state index < -0.39 is 25.1 Å². The molecule has 0 saturated heterocycles. The summed E-state index contributed by atoms with van der Waals surface area (Å²) in [5.74, 6) is -2.38. The van der Waals surface area contributed by atoms with Gasteiger partial charge in [-0.25, -0.2) is 18.7 Å². The van der Waals surface area contributed by atoms with Crippen LogP contribution in [0.5, 0.6) is 5.75 Å². The van der Waals surface area contributed by atoms with E-state index in [2.05, 4.69) is 5.32 Å². The lowest BCUT2D eigenvalue weighted by atomic mass is 9.92. The first-order valence-corrected chi connectivity index (χ1v) is 13.4. The SMILES string of the molecule is COCc1nc(-c2ccc(OCCC(F)(F)F)cc2)c(-c2ccc(Cl)cc2)nc1C(=S)NC1CCC(F)(F)CC1. The topological polar surface area (TPSA) is 56.3 Å². The first kappa shape index (κ1) is 30.1. The van der Waals surface area contributed by atoms with Crippen molar-refractivity contribution in [1.29, 1.82) is 0 Å². The summed E-state index contributed by atoms with van der Waals surface area (Å²) in [4.78, 5) is 9.98. The third-order valence-corrected chi connectivity index (χ3v) is 6.98. The molecule has 0 aliphatic heterocycles. The summed E-state index contributed by atoms with van der Waals surface area (Å²) in [7, 11) is 1.50. The number of halogens is 6. The lowest BCUT2D eigenvalue weighted by Crippen LogP contribution is -2.40. The highest BCUT2D eigenvalue weighted by Crippen LogP contribution is 2.35. The number of alkyl halides is 5. The fourth-order valence-corrected chi connectivity index (χ4v) is 4.79. The summed E-state index contributed by atoms with van der Waals surface area (Å²) >= 11 is 11.8. The van der Waals surface area contributed by atoms with Crippen LogP contribution in [0.3, 0.4) is 0 Å². The van der Waals surface area contributed by atoms with E-state index >= 15 is 0 Å². The Morgan fingerprint density at radius 1 is 1.00 bits per heavy atom. The Morgan fingerprint density at radius 2 is 1.57 bits per heavy atom. The predicted octanol–water partition coefficient (Wildman–Crippen LogP) is 7.78. The van der Waals surface area contributed by atoms with E-state index in [1.54, 1.807) is 48.5 Å². The molecule has 1 fully saturated rings. The van der Waals surface area contributed by atoms with E-state index in [-0.39, 0.29) is 49.1 Å². The molecule has 40 heavy (non-hydrogen) atoms. The van der Waals surface area contributed by atoms with Gasteiger partial charge in [0, 0.05) is 42.1 Å². The monoisotopic (exact) mass is 599 g/mol. The summed E-state index contributed by atoms with van der Waals surface area (Å²) in [5.41, 5.74) is 3.12. The number of ether oxygens (including phenoxy) is 2. The molecule has 0 bridgehead atoms. The molecule has 0 radical (unpaired) electrons. The lowest BCUT2D eigenvalue weighted by molar-refractivity contribution is -0.139. The van der Waals surface area contributed by atoms with Gasteiger partial charge in [0.05, 0.1) is 36.7 Å². The van der Waals surface area contributed by atoms with Crippen LogP contribution in [0.2, 0.25) is 5.02 Å². The van der Waals surface area contributed by atoms with Gasteiger partial charge in [0.2, 0.25) is 5.92 Å². The van der Waals surface area contributed by atoms with Crippen molar-refractivity contribution in [3.63, 3.8) is 0 Å². The number of hydrogen-bond donors (Lipinski definition) is 1. The third kappa shape index (κ3) is 8.08. The lowest BCUT2D eigenvalue weighted by Gasteiger charge is -2.29. The molecular weight excluding hydrogens is 573 g/mol. The van der Waals surface area contributed by atoms with Crippen LogP contribution in [0, 0.1) is 0 Å². The number of aromatic nitrogens is 2. The van der Waals surface area contributed by atoms with Crippen molar-refractivity contribution in [3.05, 3.63) is 64.9 Å². The molecule has 4 rings (SSSR count). The second-order valence-electron chi connectivity index (χ2n) is 9.50. The number of methoxy groups -OCH3 is 1. The standard InChI is InChI=1S/C28H27ClF5N3O2S/c1-38-16-22-25(26(40)35-20-10-12-27(30,31)13-11-20)37-24(17-2-6-19(29)7-3-17)23(36-22)18-4-8-21(9-5-18)39-15-14-28(32,33)34/h2-9,20H,10-16H2,1H3,(H,35,40). The third-order valence-electron chi connectivity index (χ3n) is 6.42. The minimum atomic E-state index is -4.31. The molecule has 1 aliphatic rings. The van der Waals surface area contributed by atoms with E-state index in [1.165, 1.54) is 7.11 Å². The number of hydrogen-bond acceptors (Lipinski definition) is 5. The molecule has 12 heteroatoms. The van der Waals surface area contributed by atoms with E-state index in [1.807, 2.05) is 0 Å². The van der Waals surface area contributed by atoms with Gasteiger partial charge in [-0.05, 0) is 49.2 Å². The van der Waals surface area contributed by atoms with E-state index in [0.717, 1.165) is 0 Å². The number of nitrogens with one attached hydrogen (secondary N) is 1. The molecule has 1 saturated carbocycles. The van der Waals surface area contributed by atoms with Gasteiger partial charge >= 0.3 is 6.18 Å².